The Morgan fingerprint density at radius 1 is 1.31 bits per heavy atom. The largest absolute Gasteiger partial charge is 0.492 e. The maximum atomic E-state index is 12.3. The molecule has 144 valence electrons. The van der Waals surface area contributed by atoms with Gasteiger partial charge in [0.15, 0.2) is 0 Å². The second-order valence-corrected chi connectivity index (χ2v) is 8.27. The van der Waals surface area contributed by atoms with Gasteiger partial charge in [-0.15, -0.1) is 0 Å². The van der Waals surface area contributed by atoms with Gasteiger partial charge in [0.05, 0.1) is 12.8 Å². The molecular formula is C19H27O6P. The van der Waals surface area contributed by atoms with Crippen molar-refractivity contribution in [3.05, 3.63) is 39.5 Å². The van der Waals surface area contributed by atoms with Gasteiger partial charge < -0.3 is 19.3 Å². The summed E-state index contributed by atoms with van der Waals surface area (Å²) in [5.41, 5.74) is 5.05. The lowest BCUT2D eigenvalue weighted by Gasteiger charge is -2.20. The highest BCUT2D eigenvalue weighted by Crippen LogP contribution is 2.40. The molecule has 0 radical (unpaired) electrons. The van der Waals surface area contributed by atoms with Crippen LogP contribution in [0.3, 0.4) is 0 Å². The van der Waals surface area contributed by atoms with Gasteiger partial charge >= 0.3 is 13.6 Å². The predicted octanol–water partition coefficient (Wildman–Crippen LogP) is 3.68. The standard InChI is InChI=1S/C19H27O6P/c1-5-9-24-18-15(8-7-12(3)11-26(21,22)23)14(6-2)13(4)16-10-25-19(20)17(16)18/h7H,5-6,8-11H2,1-4H3,(H2,21,22,23)/b12-7+. The van der Waals surface area contributed by atoms with E-state index < -0.39 is 7.60 Å². The molecule has 1 aliphatic heterocycles. The Kier molecular flexibility index (Phi) is 6.67. The van der Waals surface area contributed by atoms with Crippen LogP contribution in [0.2, 0.25) is 0 Å². The first-order chi connectivity index (χ1) is 12.2. The number of carbonyl (C=O) groups excluding carboxylic acids is 1. The van der Waals surface area contributed by atoms with Crippen molar-refractivity contribution < 1.29 is 28.6 Å². The van der Waals surface area contributed by atoms with Crippen molar-refractivity contribution in [3.8, 4) is 5.75 Å². The van der Waals surface area contributed by atoms with Gasteiger partial charge in [0.25, 0.3) is 0 Å². The van der Waals surface area contributed by atoms with Crippen LogP contribution in [-0.4, -0.2) is 28.5 Å². The predicted molar refractivity (Wildman–Crippen MR) is 99.8 cm³/mol. The van der Waals surface area contributed by atoms with Gasteiger partial charge in [-0.25, -0.2) is 4.79 Å². The topological polar surface area (TPSA) is 93.1 Å². The summed E-state index contributed by atoms with van der Waals surface area (Å²) in [5.74, 6) is 0.195. The van der Waals surface area contributed by atoms with Gasteiger partial charge in [-0.05, 0) is 44.2 Å². The van der Waals surface area contributed by atoms with E-state index in [0.29, 0.717) is 29.9 Å². The molecule has 0 bridgehead atoms. The van der Waals surface area contributed by atoms with E-state index in [2.05, 4.69) is 0 Å². The Bertz CT molecular complexity index is 775. The third-order valence-corrected chi connectivity index (χ3v) is 5.45. The summed E-state index contributed by atoms with van der Waals surface area (Å²) >= 11 is 0. The number of rotatable bonds is 8. The molecule has 1 aromatic carbocycles. The first kappa shape index (κ1) is 20.7. The van der Waals surface area contributed by atoms with E-state index in [9.17, 15) is 9.36 Å². The second-order valence-electron chi connectivity index (χ2n) is 6.62. The summed E-state index contributed by atoms with van der Waals surface area (Å²) in [7, 11) is -4.10. The Hall–Kier alpha value is -1.62. The molecule has 2 N–H and O–H groups in total. The van der Waals surface area contributed by atoms with Crippen molar-refractivity contribution >= 4 is 13.6 Å². The number of fused-ring (bicyclic) bond motifs is 1. The number of allylic oxidation sites excluding steroid dienone is 2. The van der Waals surface area contributed by atoms with Crippen LogP contribution in [0.15, 0.2) is 11.6 Å². The average Bonchev–Trinajstić information content (AvgIpc) is 2.93. The third kappa shape index (κ3) is 4.56. The van der Waals surface area contributed by atoms with E-state index in [1.54, 1.807) is 13.0 Å². The monoisotopic (exact) mass is 382 g/mol. The summed E-state index contributed by atoms with van der Waals surface area (Å²) in [6.45, 7) is 8.49. The van der Waals surface area contributed by atoms with E-state index in [1.165, 1.54) is 0 Å². The van der Waals surface area contributed by atoms with Gasteiger partial charge in [0, 0.05) is 11.1 Å². The zero-order valence-corrected chi connectivity index (χ0v) is 16.7. The number of carbonyl (C=O) groups is 1. The number of cyclic esters (lactones) is 1. The Balaban J connectivity index is 2.53. The average molecular weight is 382 g/mol. The lowest BCUT2D eigenvalue weighted by molar-refractivity contribution is 0.0532. The fraction of sp³-hybridized carbons (Fsp3) is 0.526. The molecule has 1 aromatic rings. The number of benzene rings is 1. The number of ether oxygens (including phenoxy) is 2. The highest BCUT2D eigenvalue weighted by molar-refractivity contribution is 7.52. The first-order valence-electron chi connectivity index (χ1n) is 8.86. The summed E-state index contributed by atoms with van der Waals surface area (Å²) < 4.78 is 22.4. The quantitative estimate of drug-likeness (QED) is 0.405. The molecule has 1 heterocycles. The molecular weight excluding hydrogens is 355 g/mol. The van der Waals surface area contributed by atoms with Crippen LogP contribution in [-0.2, 0) is 28.8 Å². The minimum Gasteiger partial charge on any atom is -0.492 e. The van der Waals surface area contributed by atoms with Crippen molar-refractivity contribution in [2.45, 2.75) is 53.6 Å². The minimum atomic E-state index is -4.10. The van der Waals surface area contributed by atoms with E-state index in [4.69, 9.17) is 19.3 Å². The SMILES string of the molecule is CCCOc1c(C/C=C(\C)CP(=O)(O)O)c(CC)c(C)c2c1C(=O)OC2. The maximum absolute atomic E-state index is 12.3. The molecule has 0 atom stereocenters. The van der Waals surface area contributed by atoms with Crippen molar-refractivity contribution in [2.75, 3.05) is 12.8 Å². The van der Waals surface area contributed by atoms with Crippen LogP contribution in [0.1, 0.15) is 59.8 Å². The fourth-order valence-electron chi connectivity index (χ4n) is 3.35. The van der Waals surface area contributed by atoms with Gasteiger partial charge in [-0.2, -0.15) is 0 Å². The highest BCUT2D eigenvalue weighted by atomic mass is 31.2. The van der Waals surface area contributed by atoms with Gasteiger partial charge in [-0.3, -0.25) is 4.57 Å². The number of esters is 1. The molecule has 7 heteroatoms. The van der Waals surface area contributed by atoms with Gasteiger partial charge in [0.1, 0.15) is 17.9 Å². The highest BCUT2D eigenvalue weighted by Gasteiger charge is 2.32. The number of hydrogen-bond acceptors (Lipinski definition) is 4. The minimum absolute atomic E-state index is 0.267. The molecule has 0 unspecified atom stereocenters. The first-order valence-corrected chi connectivity index (χ1v) is 10.7. The molecule has 0 aliphatic carbocycles. The zero-order valence-electron chi connectivity index (χ0n) is 15.8. The van der Waals surface area contributed by atoms with Crippen LogP contribution in [0.25, 0.3) is 0 Å². The van der Waals surface area contributed by atoms with Crippen molar-refractivity contribution in [1.82, 2.24) is 0 Å². The van der Waals surface area contributed by atoms with Gasteiger partial charge in [-0.1, -0.05) is 25.5 Å². The van der Waals surface area contributed by atoms with Crippen LogP contribution in [0, 0.1) is 6.92 Å². The van der Waals surface area contributed by atoms with Crippen LogP contribution >= 0.6 is 7.60 Å². The zero-order chi connectivity index (χ0) is 19.5. The van der Waals surface area contributed by atoms with Crippen molar-refractivity contribution in [2.24, 2.45) is 0 Å². The maximum Gasteiger partial charge on any atom is 0.342 e. The molecule has 0 aromatic heterocycles. The molecule has 0 saturated carbocycles. The van der Waals surface area contributed by atoms with Crippen molar-refractivity contribution in [1.29, 1.82) is 0 Å². The Morgan fingerprint density at radius 3 is 2.58 bits per heavy atom. The van der Waals surface area contributed by atoms with Gasteiger partial charge in [0.2, 0.25) is 0 Å². The number of hydrogen-bond donors (Lipinski definition) is 2. The summed E-state index contributed by atoms with van der Waals surface area (Å²) in [6.07, 6.45) is 3.57. The summed E-state index contributed by atoms with van der Waals surface area (Å²) in [5, 5.41) is 0. The molecule has 0 spiro atoms. The molecule has 0 fully saturated rings. The summed E-state index contributed by atoms with van der Waals surface area (Å²) in [4.78, 5) is 30.6. The lowest BCUT2D eigenvalue weighted by Crippen LogP contribution is -2.10. The molecule has 1 aliphatic rings. The van der Waals surface area contributed by atoms with E-state index in [0.717, 1.165) is 35.1 Å². The van der Waals surface area contributed by atoms with E-state index >= 15 is 0 Å². The Morgan fingerprint density at radius 2 is 2.00 bits per heavy atom. The molecule has 6 nitrogen and oxygen atoms in total. The lowest BCUT2D eigenvalue weighted by atomic mass is 9.89. The normalized spacial score (nSPS) is 14.4. The van der Waals surface area contributed by atoms with Crippen LogP contribution < -0.4 is 4.74 Å². The Labute approximate surface area is 154 Å². The molecule has 0 saturated heterocycles. The fourth-order valence-corrected chi connectivity index (χ4v) is 4.13. The van der Waals surface area contributed by atoms with Crippen molar-refractivity contribution in [3.63, 3.8) is 0 Å². The smallest absolute Gasteiger partial charge is 0.342 e. The molecule has 2 rings (SSSR count). The van der Waals surface area contributed by atoms with Crippen LogP contribution in [0.4, 0.5) is 0 Å². The third-order valence-electron chi connectivity index (χ3n) is 4.54. The van der Waals surface area contributed by atoms with E-state index in [-0.39, 0.29) is 18.7 Å². The van der Waals surface area contributed by atoms with E-state index in [1.807, 2.05) is 20.8 Å². The molecule has 26 heavy (non-hydrogen) atoms. The summed E-state index contributed by atoms with van der Waals surface area (Å²) in [6, 6.07) is 0. The molecule has 0 amide bonds. The second kappa shape index (κ2) is 8.38. The van der Waals surface area contributed by atoms with Crippen LogP contribution in [0.5, 0.6) is 5.75 Å².